The number of anilines is 1. The number of halogens is 6. The van der Waals surface area contributed by atoms with Gasteiger partial charge in [0.05, 0.1) is 0 Å². The van der Waals surface area contributed by atoms with Crippen LogP contribution >= 0.6 is 0 Å². The first-order chi connectivity index (χ1) is 12.6. The summed E-state index contributed by atoms with van der Waals surface area (Å²) in [5.41, 5.74) is 0.584. The Kier molecular flexibility index (Phi) is 5.70. The maximum absolute atomic E-state index is 13.9. The van der Waals surface area contributed by atoms with E-state index in [-0.39, 0.29) is 17.4 Å². The van der Waals surface area contributed by atoms with Crippen molar-refractivity contribution in [2.24, 2.45) is 0 Å². The van der Waals surface area contributed by atoms with Crippen molar-refractivity contribution in [2.45, 2.75) is 16.4 Å². The van der Waals surface area contributed by atoms with Crippen LogP contribution in [0.15, 0.2) is 30.3 Å². The third-order valence-corrected chi connectivity index (χ3v) is 6.90. The van der Waals surface area contributed by atoms with Crippen molar-refractivity contribution in [3.05, 3.63) is 30.3 Å². The van der Waals surface area contributed by atoms with Gasteiger partial charge in [-0.1, -0.05) is 18.2 Å². The van der Waals surface area contributed by atoms with Gasteiger partial charge in [0.25, 0.3) is 10.0 Å². The molecule has 0 aliphatic carbocycles. The topological polar surface area (TPSA) is 97.8 Å². The van der Waals surface area contributed by atoms with Crippen molar-refractivity contribution >= 4 is 25.8 Å². The zero-order chi connectivity index (χ0) is 21.6. The van der Waals surface area contributed by atoms with E-state index < -0.39 is 49.7 Å². The molecule has 1 aliphatic rings. The lowest BCUT2D eigenvalue weighted by atomic mass is 10.2. The highest BCUT2D eigenvalue weighted by Gasteiger charge is 2.80. The molecule has 15 heteroatoms. The van der Waals surface area contributed by atoms with Crippen LogP contribution in [-0.2, 0) is 20.1 Å². The van der Waals surface area contributed by atoms with E-state index in [1.165, 1.54) is 0 Å². The Labute approximate surface area is 156 Å². The number of nitrogens with zero attached hydrogens (tertiary/aromatic N) is 2. The molecule has 7 nitrogen and oxygen atoms in total. The quantitative estimate of drug-likeness (QED) is 0.477. The average molecular weight is 455 g/mol. The monoisotopic (exact) mass is 455 g/mol. The Balaban J connectivity index is 2.29. The Morgan fingerprint density at radius 3 is 1.68 bits per heavy atom. The number of benzene rings is 1. The lowest BCUT2D eigenvalue weighted by molar-refractivity contribution is -0.247. The summed E-state index contributed by atoms with van der Waals surface area (Å²) in [4.78, 5) is 1.54. The van der Waals surface area contributed by atoms with Gasteiger partial charge in [0.1, 0.15) is 0 Å². The van der Waals surface area contributed by atoms with E-state index in [1.807, 2.05) is 0 Å². The zero-order valence-electron chi connectivity index (χ0n) is 13.7. The predicted molar refractivity (Wildman–Crippen MR) is 83.7 cm³/mol. The summed E-state index contributed by atoms with van der Waals surface area (Å²) in [6.07, 6.45) is 0. The van der Waals surface area contributed by atoms with Crippen molar-refractivity contribution in [3.8, 4) is 0 Å². The van der Waals surface area contributed by atoms with Crippen molar-refractivity contribution in [3.63, 3.8) is 0 Å². The highest BCUT2D eigenvalue weighted by molar-refractivity contribution is 7.90. The highest BCUT2D eigenvalue weighted by atomic mass is 32.2. The smallest absolute Gasteiger partial charge is 0.428 e. The third kappa shape index (κ3) is 3.44. The van der Waals surface area contributed by atoms with Crippen LogP contribution in [0.2, 0.25) is 0 Å². The van der Waals surface area contributed by atoms with E-state index in [0.717, 1.165) is 0 Å². The average Bonchev–Trinajstić information content (AvgIpc) is 2.61. The SMILES string of the molecule is O=S(=O)([O-])C(F)(F)C(F)(F)C(F)(F)S(=O)(=O)N1CCN(c2ccccc2)CC1. The lowest BCUT2D eigenvalue weighted by Crippen LogP contribution is -2.64. The fraction of sp³-hybridized carbons (Fsp3) is 0.538. The molecule has 28 heavy (non-hydrogen) atoms. The number of sulfonamides is 1. The molecule has 160 valence electrons. The van der Waals surface area contributed by atoms with E-state index in [0.29, 0.717) is 5.69 Å². The summed E-state index contributed by atoms with van der Waals surface area (Å²) in [6.45, 7) is -1.94. The summed E-state index contributed by atoms with van der Waals surface area (Å²) in [5.74, 6) is -6.99. The summed E-state index contributed by atoms with van der Waals surface area (Å²) in [7, 11) is -13.7. The van der Waals surface area contributed by atoms with Gasteiger partial charge in [-0.15, -0.1) is 0 Å². The van der Waals surface area contributed by atoms with E-state index in [1.54, 1.807) is 35.2 Å². The van der Waals surface area contributed by atoms with Crippen LogP contribution in [0.4, 0.5) is 32.0 Å². The van der Waals surface area contributed by atoms with Crippen LogP contribution in [-0.4, -0.2) is 68.3 Å². The molecule has 1 aromatic rings. The fourth-order valence-corrected chi connectivity index (χ4v) is 4.40. The molecule has 1 saturated heterocycles. The molecule has 0 bridgehead atoms. The van der Waals surface area contributed by atoms with Gasteiger partial charge in [-0.3, -0.25) is 0 Å². The molecular formula is C13H13F6N2O5S2-. The highest BCUT2D eigenvalue weighted by Crippen LogP contribution is 2.51. The maximum atomic E-state index is 13.9. The molecule has 0 unspecified atom stereocenters. The summed E-state index contributed by atoms with van der Waals surface area (Å²) >= 11 is 0. The van der Waals surface area contributed by atoms with E-state index >= 15 is 0 Å². The standard InChI is InChI=1S/C13H14F6N2O5S2/c14-11(15,13(18,19)28(24,25)26)12(16,17)27(22,23)21-8-6-20(7-9-21)10-4-2-1-3-5-10/h1-5H,6-9H2,(H,24,25,26)/p-1. The Bertz CT molecular complexity index is 916. The number of rotatable bonds is 6. The number of hydrogen-bond donors (Lipinski definition) is 0. The Hall–Kier alpha value is -1.58. The van der Waals surface area contributed by atoms with Gasteiger partial charge in [-0.2, -0.15) is 30.6 Å². The van der Waals surface area contributed by atoms with Gasteiger partial charge in [0, 0.05) is 31.9 Å². The van der Waals surface area contributed by atoms with Crippen LogP contribution in [0.1, 0.15) is 0 Å². The van der Waals surface area contributed by atoms with Gasteiger partial charge in [-0.05, 0) is 12.1 Å². The van der Waals surface area contributed by atoms with Gasteiger partial charge in [0.2, 0.25) is 0 Å². The van der Waals surface area contributed by atoms with E-state index in [9.17, 15) is 47.7 Å². The molecule has 1 heterocycles. The van der Waals surface area contributed by atoms with Crippen LogP contribution in [0.5, 0.6) is 0 Å². The second-order valence-corrected chi connectivity index (χ2v) is 9.19. The molecule has 1 fully saturated rings. The van der Waals surface area contributed by atoms with E-state index in [4.69, 9.17) is 0 Å². The molecule has 1 aliphatic heterocycles. The largest absolute Gasteiger partial charge is 0.743 e. The van der Waals surface area contributed by atoms with Crippen LogP contribution in [0, 0.1) is 0 Å². The van der Waals surface area contributed by atoms with Crippen molar-refractivity contribution in [1.29, 1.82) is 0 Å². The minimum atomic E-state index is -7.28. The minimum absolute atomic E-state index is 0.145. The second kappa shape index (κ2) is 7.03. The summed E-state index contributed by atoms with van der Waals surface area (Å²) in [6, 6.07) is 8.19. The molecule has 0 amide bonds. The number of piperazine rings is 1. The van der Waals surface area contributed by atoms with Gasteiger partial charge >= 0.3 is 16.4 Å². The first-order valence-corrected chi connectivity index (χ1v) is 10.3. The fourth-order valence-electron chi connectivity index (χ4n) is 2.48. The van der Waals surface area contributed by atoms with Crippen molar-refractivity contribution < 1.29 is 47.7 Å². The molecule has 1 aromatic carbocycles. The lowest BCUT2D eigenvalue weighted by Gasteiger charge is -2.39. The number of hydrogen-bond acceptors (Lipinski definition) is 6. The molecule has 0 spiro atoms. The molecule has 0 aromatic heterocycles. The first-order valence-electron chi connectivity index (χ1n) is 7.46. The normalized spacial score (nSPS) is 18.3. The van der Waals surface area contributed by atoms with Crippen molar-refractivity contribution in [2.75, 3.05) is 31.1 Å². The second-order valence-electron chi connectivity index (χ2n) is 5.79. The predicted octanol–water partition coefficient (Wildman–Crippen LogP) is 1.50. The van der Waals surface area contributed by atoms with Crippen LogP contribution in [0.3, 0.4) is 0 Å². The molecule has 0 saturated carbocycles. The molecule has 2 rings (SSSR count). The minimum Gasteiger partial charge on any atom is -0.743 e. The molecule has 0 N–H and O–H groups in total. The molecule has 0 radical (unpaired) electrons. The van der Waals surface area contributed by atoms with Gasteiger partial charge in [-0.25, -0.2) is 16.8 Å². The van der Waals surface area contributed by atoms with Crippen LogP contribution in [0.25, 0.3) is 0 Å². The summed E-state index contributed by atoms with van der Waals surface area (Å²) < 4.78 is 136. The number of para-hydroxylation sites is 1. The zero-order valence-corrected chi connectivity index (χ0v) is 15.4. The molecular weight excluding hydrogens is 442 g/mol. The summed E-state index contributed by atoms with van der Waals surface area (Å²) in [5, 5.41) is -13.4. The van der Waals surface area contributed by atoms with Gasteiger partial charge < -0.3 is 9.45 Å². The first kappa shape index (κ1) is 22.7. The Morgan fingerprint density at radius 1 is 0.786 bits per heavy atom. The van der Waals surface area contributed by atoms with Crippen molar-refractivity contribution in [1.82, 2.24) is 4.31 Å². The Morgan fingerprint density at radius 2 is 1.25 bits per heavy atom. The van der Waals surface area contributed by atoms with E-state index in [2.05, 4.69) is 0 Å². The van der Waals surface area contributed by atoms with Crippen LogP contribution < -0.4 is 4.90 Å². The third-order valence-electron chi connectivity index (χ3n) is 4.07. The number of alkyl halides is 6. The molecule has 0 atom stereocenters. The maximum Gasteiger partial charge on any atom is 0.428 e. The van der Waals surface area contributed by atoms with Gasteiger partial charge in [0.15, 0.2) is 10.1 Å².